The van der Waals surface area contributed by atoms with Crippen molar-refractivity contribution >= 4 is 22.9 Å². The molecule has 0 aromatic carbocycles. The Morgan fingerprint density at radius 3 is 2.88 bits per heavy atom. The molecule has 4 heteroatoms. The van der Waals surface area contributed by atoms with E-state index in [0.717, 1.165) is 32.5 Å². The molecule has 2 nitrogen and oxygen atoms in total. The maximum absolute atomic E-state index is 5.66. The summed E-state index contributed by atoms with van der Waals surface area (Å²) in [5.74, 6) is 0.606. The van der Waals surface area contributed by atoms with Crippen molar-refractivity contribution in [3.8, 4) is 0 Å². The van der Waals surface area contributed by atoms with Gasteiger partial charge in [0.15, 0.2) is 0 Å². The lowest BCUT2D eigenvalue weighted by Crippen LogP contribution is -2.36. The van der Waals surface area contributed by atoms with Gasteiger partial charge < -0.3 is 4.74 Å². The molecule has 0 N–H and O–H groups in total. The van der Waals surface area contributed by atoms with Crippen LogP contribution < -0.4 is 0 Å². The summed E-state index contributed by atoms with van der Waals surface area (Å²) < 4.78 is 5.66. The monoisotopic (exact) mass is 259 g/mol. The van der Waals surface area contributed by atoms with Crippen LogP contribution in [0.15, 0.2) is 16.8 Å². The summed E-state index contributed by atoms with van der Waals surface area (Å²) in [5.41, 5.74) is 1.44. The lowest BCUT2D eigenvalue weighted by molar-refractivity contribution is 0.0135. The van der Waals surface area contributed by atoms with Gasteiger partial charge >= 0.3 is 0 Å². The van der Waals surface area contributed by atoms with E-state index < -0.39 is 0 Å². The Bertz CT molecular complexity index is 283. The Morgan fingerprint density at radius 1 is 1.44 bits per heavy atom. The van der Waals surface area contributed by atoms with Crippen molar-refractivity contribution in [3.05, 3.63) is 22.4 Å². The number of halogens is 1. The van der Waals surface area contributed by atoms with Crippen LogP contribution in [0, 0.1) is 0 Å². The highest BCUT2D eigenvalue weighted by Crippen LogP contribution is 2.17. The minimum absolute atomic E-state index is 0.428. The molecule has 0 unspecified atom stereocenters. The number of hydrogen-bond donors (Lipinski definition) is 0. The number of nitrogens with zero attached hydrogens (tertiary/aromatic N) is 1. The highest BCUT2D eigenvalue weighted by molar-refractivity contribution is 7.07. The average molecular weight is 260 g/mol. The number of ether oxygens (including phenoxy) is 1. The predicted molar refractivity (Wildman–Crippen MR) is 69.3 cm³/mol. The molecule has 0 amide bonds. The maximum atomic E-state index is 5.66. The van der Waals surface area contributed by atoms with E-state index in [9.17, 15) is 0 Å². The first-order chi connectivity index (χ1) is 7.88. The first kappa shape index (κ1) is 12.4. The number of rotatable bonds is 5. The summed E-state index contributed by atoms with van der Waals surface area (Å²) in [6, 6.07) is 2.21. The summed E-state index contributed by atoms with van der Waals surface area (Å²) >= 11 is 7.38. The number of hydrogen-bond acceptors (Lipinski definition) is 3. The van der Waals surface area contributed by atoms with Crippen LogP contribution in [-0.2, 0) is 11.3 Å². The molecule has 90 valence electrons. The van der Waals surface area contributed by atoms with Crippen LogP contribution >= 0.6 is 22.9 Å². The Hall–Kier alpha value is -0.0900. The summed E-state index contributed by atoms with van der Waals surface area (Å²) in [7, 11) is 0. The summed E-state index contributed by atoms with van der Waals surface area (Å²) in [4.78, 5) is 2.50. The molecule has 0 saturated carbocycles. The molecule has 0 spiro atoms. The van der Waals surface area contributed by atoms with Crippen molar-refractivity contribution in [3.63, 3.8) is 0 Å². The number of piperidine rings is 1. The third-order valence-corrected chi connectivity index (χ3v) is 3.84. The Balaban J connectivity index is 1.69. The molecule has 0 bridgehead atoms. The zero-order chi connectivity index (χ0) is 11.2. The minimum Gasteiger partial charge on any atom is -0.377 e. The van der Waals surface area contributed by atoms with Gasteiger partial charge in [-0.2, -0.15) is 11.3 Å². The molecular weight excluding hydrogens is 242 g/mol. The van der Waals surface area contributed by atoms with E-state index in [-0.39, 0.29) is 0 Å². The van der Waals surface area contributed by atoms with Crippen LogP contribution in [0.2, 0.25) is 0 Å². The number of alkyl halides is 1. The first-order valence-corrected chi connectivity index (χ1v) is 7.27. The molecule has 1 aliphatic rings. The fourth-order valence-electron chi connectivity index (χ4n) is 2.09. The molecule has 0 atom stereocenters. The van der Waals surface area contributed by atoms with Crippen molar-refractivity contribution in [2.75, 3.05) is 25.6 Å². The SMILES string of the molecule is ClCCOC1CCN(Cc2ccsc2)CC1. The topological polar surface area (TPSA) is 12.5 Å². The molecule has 0 radical (unpaired) electrons. The van der Waals surface area contributed by atoms with Gasteiger partial charge in [0.1, 0.15) is 0 Å². The van der Waals surface area contributed by atoms with E-state index in [1.807, 2.05) is 0 Å². The van der Waals surface area contributed by atoms with Crippen molar-refractivity contribution in [2.24, 2.45) is 0 Å². The van der Waals surface area contributed by atoms with Crippen molar-refractivity contribution in [1.29, 1.82) is 0 Å². The van der Waals surface area contributed by atoms with Crippen molar-refractivity contribution in [1.82, 2.24) is 4.90 Å². The second kappa shape index (κ2) is 6.60. The first-order valence-electron chi connectivity index (χ1n) is 5.79. The van der Waals surface area contributed by atoms with Gasteiger partial charge in [-0.15, -0.1) is 11.6 Å². The third kappa shape index (κ3) is 3.74. The zero-order valence-electron chi connectivity index (χ0n) is 9.40. The normalized spacial score (nSPS) is 19.1. The Morgan fingerprint density at radius 2 is 2.25 bits per heavy atom. The largest absolute Gasteiger partial charge is 0.377 e. The maximum Gasteiger partial charge on any atom is 0.0605 e. The van der Waals surface area contributed by atoms with Gasteiger partial charge in [-0.05, 0) is 35.2 Å². The lowest BCUT2D eigenvalue weighted by atomic mass is 10.1. The molecule has 1 saturated heterocycles. The fourth-order valence-corrected chi connectivity index (χ4v) is 2.83. The fraction of sp³-hybridized carbons (Fsp3) is 0.667. The van der Waals surface area contributed by atoms with Crippen molar-refractivity contribution in [2.45, 2.75) is 25.5 Å². The zero-order valence-corrected chi connectivity index (χ0v) is 11.0. The standard InChI is InChI=1S/C12H18ClNOS/c13-4-7-15-12-1-5-14(6-2-12)9-11-3-8-16-10-11/h3,8,10,12H,1-2,4-7,9H2. The lowest BCUT2D eigenvalue weighted by Gasteiger charge is -2.31. The van der Waals surface area contributed by atoms with Crippen LogP contribution in [0.4, 0.5) is 0 Å². The van der Waals surface area contributed by atoms with Crippen LogP contribution in [0.3, 0.4) is 0 Å². The van der Waals surface area contributed by atoms with Gasteiger partial charge in [-0.1, -0.05) is 0 Å². The molecule has 1 aliphatic heterocycles. The van der Waals surface area contributed by atoms with Crippen LogP contribution in [0.1, 0.15) is 18.4 Å². The smallest absolute Gasteiger partial charge is 0.0605 e. The average Bonchev–Trinajstić information content (AvgIpc) is 2.81. The van der Waals surface area contributed by atoms with E-state index in [1.165, 1.54) is 5.56 Å². The molecule has 2 rings (SSSR count). The molecule has 0 aliphatic carbocycles. The highest BCUT2D eigenvalue weighted by atomic mass is 35.5. The van der Waals surface area contributed by atoms with Crippen LogP contribution in [-0.4, -0.2) is 36.6 Å². The minimum atomic E-state index is 0.428. The molecule has 1 fully saturated rings. The van der Waals surface area contributed by atoms with Gasteiger partial charge in [0.2, 0.25) is 0 Å². The summed E-state index contributed by atoms with van der Waals surface area (Å²) in [6.07, 6.45) is 2.71. The molecular formula is C12H18ClNOS. The molecule has 16 heavy (non-hydrogen) atoms. The van der Waals surface area contributed by atoms with Crippen molar-refractivity contribution < 1.29 is 4.74 Å². The van der Waals surface area contributed by atoms with Gasteiger partial charge in [0.05, 0.1) is 12.7 Å². The second-order valence-electron chi connectivity index (χ2n) is 4.17. The van der Waals surface area contributed by atoms with Gasteiger partial charge in [0.25, 0.3) is 0 Å². The Labute approximate surface area is 106 Å². The third-order valence-electron chi connectivity index (χ3n) is 2.95. The van der Waals surface area contributed by atoms with Gasteiger partial charge in [0, 0.05) is 25.5 Å². The highest BCUT2D eigenvalue weighted by Gasteiger charge is 2.19. The van der Waals surface area contributed by atoms with E-state index in [4.69, 9.17) is 16.3 Å². The quantitative estimate of drug-likeness (QED) is 0.754. The second-order valence-corrected chi connectivity index (χ2v) is 5.32. The van der Waals surface area contributed by atoms with E-state index in [2.05, 4.69) is 21.7 Å². The molecule has 1 aromatic heterocycles. The van der Waals surface area contributed by atoms with E-state index in [0.29, 0.717) is 18.6 Å². The Kier molecular flexibility index (Phi) is 5.10. The van der Waals surface area contributed by atoms with E-state index >= 15 is 0 Å². The van der Waals surface area contributed by atoms with E-state index in [1.54, 1.807) is 11.3 Å². The predicted octanol–water partition coefficient (Wildman–Crippen LogP) is 2.97. The number of thiophene rings is 1. The van der Waals surface area contributed by atoms with Crippen LogP contribution in [0.5, 0.6) is 0 Å². The molecule has 2 heterocycles. The summed E-state index contributed by atoms with van der Waals surface area (Å²) in [5, 5.41) is 4.38. The van der Waals surface area contributed by atoms with Gasteiger partial charge in [-0.25, -0.2) is 0 Å². The summed E-state index contributed by atoms with van der Waals surface area (Å²) in [6.45, 7) is 4.06. The molecule has 1 aromatic rings. The van der Waals surface area contributed by atoms with Crippen LogP contribution in [0.25, 0.3) is 0 Å². The number of likely N-dealkylation sites (tertiary alicyclic amines) is 1. The van der Waals surface area contributed by atoms with Gasteiger partial charge in [-0.3, -0.25) is 4.90 Å².